The van der Waals surface area contributed by atoms with Crippen LogP contribution in [0.5, 0.6) is 5.75 Å². The summed E-state index contributed by atoms with van der Waals surface area (Å²) in [5.41, 5.74) is 1.26. The second kappa shape index (κ2) is 5.44. The van der Waals surface area contributed by atoms with E-state index in [4.69, 9.17) is 10.00 Å². The molecular formula is C15H16N4O2. The maximum atomic E-state index is 12.3. The Kier molecular flexibility index (Phi) is 3.48. The van der Waals surface area contributed by atoms with Gasteiger partial charge in [-0.3, -0.25) is 4.57 Å². The number of hydrogen-bond donors (Lipinski definition) is 0. The van der Waals surface area contributed by atoms with Crippen LogP contribution in [0.1, 0.15) is 29.8 Å². The van der Waals surface area contributed by atoms with Crippen molar-refractivity contribution in [1.29, 1.82) is 5.26 Å². The standard InChI is InChI=1S/C15H16N4O2/c1-21-13-6-5-11(8-12(13)9-16)10-19-15(20)18-7-3-2-4-14(18)17-19/h5-6,8H,2-4,7,10H2,1H3. The van der Waals surface area contributed by atoms with Gasteiger partial charge in [-0.25, -0.2) is 9.48 Å². The van der Waals surface area contributed by atoms with Crippen molar-refractivity contribution in [3.8, 4) is 11.8 Å². The van der Waals surface area contributed by atoms with Crippen molar-refractivity contribution in [3.05, 3.63) is 45.6 Å². The third-order valence-electron chi connectivity index (χ3n) is 3.75. The molecule has 0 bridgehead atoms. The predicted molar refractivity (Wildman–Crippen MR) is 76.2 cm³/mol. The topological polar surface area (TPSA) is 72.8 Å². The van der Waals surface area contributed by atoms with Gasteiger partial charge in [0.2, 0.25) is 0 Å². The lowest BCUT2D eigenvalue weighted by Crippen LogP contribution is -2.27. The molecule has 0 N–H and O–H groups in total. The van der Waals surface area contributed by atoms with Crippen LogP contribution >= 0.6 is 0 Å². The lowest BCUT2D eigenvalue weighted by molar-refractivity contribution is 0.413. The maximum absolute atomic E-state index is 12.3. The molecule has 2 aromatic rings. The minimum atomic E-state index is -0.0703. The monoisotopic (exact) mass is 284 g/mol. The quantitative estimate of drug-likeness (QED) is 0.852. The first-order valence-corrected chi connectivity index (χ1v) is 6.96. The van der Waals surface area contributed by atoms with Crippen LogP contribution in [0, 0.1) is 11.3 Å². The molecule has 0 aliphatic carbocycles. The van der Waals surface area contributed by atoms with E-state index < -0.39 is 0 Å². The molecule has 1 aromatic heterocycles. The van der Waals surface area contributed by atoms with Gasteiger partial charge in [-0.1, -0.05) is 6.07 Å². The second-order valence-electron chi connectivity index (χ2n) is 5.11. The average molecular weight is 284 g/mol. The van der Waals surface area contributed by atoms with Crippen LogP contribution in [0.4, 0.5) is 0 Å². The molecule has 0 unspecified atom stereocenters. The molecule has 21 heavy (non-hydrogen) atoms. The number of fused-ring (bicyclic) bond motifs is 1. The molecule has 0 fully saturated rings. The fourth-order valence-electron chi connectivity index (χ4n) is 2.67. The number of aromatic nitrogens is 3. The minimum absolute atomic E-state index is 0.0703. The number of rotatable bonds is 3. The number of benzene rings is 1. The molecule has 0 radical (unpaired) electrons. The van der Waals surface area contributed by atoms with Crippen molar-refractivity contribution in [2.75, 3.05) is 7.11 Å². The molecule has 108 valence electrons. The van der Waals surface area contributed by atoms with Gasteiger partial charge in [-0.2, -0.15) is 10.4 Å². The molecular weight excluding hydrogens is 268 g/mol. The van der Waals surface area contributed by atoms with Crippen molar-refractivity contribution < 1.29 is 4.74 Å². The van der Waals surface area contributed by atoms with E-state index >= 15 is 0 Å². The van der Waals surface area contributed by atoms with E-state index in [0.29, 0.717) is 17.9 Å². The minimum Gasteiger partial charge on any atom is -0.495 e. The van der Waals surface area contributed by atoms with Gasteiger partial charge in [0, 0.05) is 13.0 Å². The predicted octanol–water partition coefficient (Wildman–Crippen LogP) is 1.31. The molecule has 6 heteroatoms. The highest BCUT2D eigenvalue weighted by atomic mass is 16.5. The van der Waals surface area contributed by atoms with Crippen LogP contribution in [-0.4, -0.2) is 21.5 Å². The van der Waals surface area contributed by atoms with Gasteiger partial charge in [0.05, 0.1) is 19.2 Å². The summed E-state index contributed by atoms with van der Waals surface area (Å²) in [6, 6.07) is 7.43. The SMILES string of the molecule is COc1ccc(Cn2nc3n(c2=O)CCCC3)cc1C#N. The van der Waals surface area contributed by atoms with Crippen LogP contribution < -0.4 is 10.4 Å². The first-order valence-electron chi connectivity index (χ1n) is 6.96. The maximum Gasteiger partial charge on any atom is 0.346 e. The molecule has 1 aromatic carbocycles. The zero-order chi connectivity index (χ0) is 14.8. The van der Waals surface area contributed by atoms with Gasteiger partial charge in [0.1, 0.15) is 17.6 Å². The summed E-state index contributed by atoms with van der Waals surface area (Å²) in [4.78, 5) is 12.3. The second-order valence-corrected chi connectivity index (χ2v) is 5.11. The Labute approximate surface area is 122 Å². The third-order valence-corrected chi connectivity index (χ3v) is 3.75. The lowest BCUT2D eigenvalue weighted by atomic mass is 10.1. The first-order chi connectivity index (χ1) is 10.2. The summed E-state index contributed by atoms with van der Waals surface area (Å²) in [5, 5.41) is 13.5. The number of methoxy groups -OCH3 is 1. The van der Waals surface area contributed by atoms with Gasteiger partial charge in [0.15, 0.2) is 0 Å². The molecule has 0 atom stereocenters. The summed E-state index contributed by atoms with van der Waals surface area (Å²) < 4.78 is 8.34. The highest BCUT2D eigenvalue weighted by Crippen LogP contribution is 2.19. The van der Waals surface area contributed by atoms with Crippen molar-refractivity contribution in [2.45, 2.75) is 32.4 Å². The number of aryl methyl sites for hydroxylation is 1. The number of ether oxygens (including phenoxy) is 1. The smallest absolute Gasteiger partial charge is 0.346 e. The summed E-state index contributed by atoms with van der Waals surface area (Å²) in [6.07, 6.45) is 2.96. The highest BCUT2D eigenvalue weighted by Gasteiger charge is 2.16. The van der Waals surface area contributed by atoms with Crippen LogP contribution in [0.15, 0.2) is 23.0 Å². The third kappa shape index (κ3) is 2.42. The molecule has 2 heterocycles. The Morgan fingerprint density at radius 2 is 2.29 bits per heavy atom. The largest absolute Gasteiger partial charge is 0.495 e. The van der Waals surface area contributed by atoms with Crippen molar-refractivity contribution in [3.63, 3.8) is 0 Å². The Bertz CT molecular complexity index is 767. The Morgan fingerprint density at radius 1 is 1.43 bits per heavy atom. The Hall–Kier alpha value is -2.55. The molecule has 1 aliphatic heterocycles. The average Bonchev–Trinajstić information content (AvgIpc) is 2.84. The number of nitriles is 1. The molecule has 6 nitrogen and oxygen atoms in total. The van der Waals surface area contributed by atoms with Gasteiger partial charge in [-0.05, 0) is 30.5 Å². The zero-order valence-electron chi connectivity index (χ0n) is 11.9. The summed E-state index contributed by atoms with van der Waals surface area (Å²) in [5.74, 6) is 1.40. The van der Waals surface area contributed by atoms with Gasteiger partial charge >= 0.3 is 5.69 Å². The van der Waals surface area contributed by atoms with E-state index in [1.807, 2.05) is 6.07 Å². The van der Waals surface area contributed by atoms with E-state index in [1.165, 1.54) is 11.8 Å². The molecule has 3 rings (SSSR count). The van der Waals surface area contributed by atoms with Crippen molar-refractivity contribution >= 4 is 0 Å². The molecule has 0 saturated carbocycles. The van der Waals surface area contributed by atoms with E-state index in [1.54, 1.807) is 16.7 Å². The van der Waals surface area contributed by atoms with Crippen LogP contribution in [0.25, 0.3) is 0 Å². The van der Waals surface area contributed by atoms with E-state index in [9.17, 15) is 4.79 Å². The van der Waals surface area contributed by atoms with Crippen molar-refractivity contribution in [1.82, 2.24) is 14.3 Å². The summed E-state index contributed by atoms with van der Waals surface area (Å²) in [7, 11) is 1.53. The van der Waals surface area contributed by atoms with E-state index in [2.05, 4.69) is 11.2 Å². The molecule has 0 amide bonds. The molecule has 1 aliphatic rings. The summed E-state index contributed by atoms with van der Waals surface area (Å²) in [6.45, 7) is 1.12. The number of hydrogen-bond acceptors (Lipinski definition) is 4. The lowest BCUT2D eigenvalue weighted by Gasteiger charge is -2.09. The summed E-state index contributed by atoms with van der Waals surface area (Å²) >= 11 is 0. The highest BCUT2D eigenvalue weighted by molar-refractivity contribution is 5.45. The van der Waals surface area contributed by atoms with Crippen LogP contribution in [-0.2, 0) is 19.5 Å². The van der Waals surface area contributed by atoms with Gasteiger partial charge in [0.25, 0.3) is 0 Å². The molecule has 0 spiro atoms. The van der Waals surface area contributed by atoms with E-state index in [-0.39, 0.29) is 5.69 Å². The van der Waals surface area contributed by atoms with E-state index in [0.717, 1.165) is 37.2 Å². The first kappa shape index (κ1) is 13.4. The van der Waals surface area contributed by atoms with Crippen LogP contribution in [0.3, 0.4) is 0 Å². The zero-order valence-corrected chi connectivity index (χ0v) is 11.9. The van der Waals surface area contributed by atoms with Crippen molar-refractivity contribution in [2.24, 2.45) is 0 Å². The Morgan fingerprint density at radius 3 is 3.00 bits per heavy atom. The molecule has 0 saturated heterocycles. The van der Waals surface area contributed by atoms with Gasteiger partial charge < -0.3 is 4.74 Å². The fourth-order valence-corrected chi connectivity index (χ4v) is 2.67. The Balaban J connectivity index is 1.92. The van der Waals surface area contributed by atoms with Crippen LogP contribution in [0.2, 0.25) is 0 Å². The normalized spacial score (nSPS) is 13.5. The van der Waals surface area contributed by atoms with Gasteiger partial charge in [-0.15, -0.1) is 0 Å². The number of nitrogens with zero attached hydrogens (tertiary/aromatic N) is 4. The fraction of sp³-hybridized carbons (Fsp3) is 0.400.